The SMILES string of the molecule is COc1ncccc1NC(=O)c1ncn[nH]1. The zero-order valence-electron chi connectivity index (χ0n) is 8.47. The first-order chi connectivity index (χ1) is 7.81. The van der Waals surface area contributed by atoms with Crippen molar-refractivity contribution in [3.05, 3.63) is 30.5 Å². The maximum absolute atomic E-state index is 11.6. The number of ether oxygens (including phenoxy) is 1. The molecule has 0 saturated carbocycles. The molecule has 2 aromatic rings. The van der Waals surface area contributed by atoms with E-state index in [4.69, 9.17) is 4.74 Å². The minimum atomic E-state index is -0.399. The molecule has 0 bridgehead atoms. The average molecular weight is 219 g/mol. The van der Waals surface area contributed by atoms with Gasteiger partial charge in [0, 0.05) is 6.20 Å². The minimum absolute atomic E-state index is 0.130. The zero-order chi connectivity index (χ0) is 11.4. The van der Waals surface area contributed by atoms with Crippen molar-refractivity contribution in [3.8, 4) is 5.88 Å². The predicted octanol–water partition coefficient (Wildman–Crippen LogP) is 0.461. The molecule has 7 heteroatoms. The van der Waals surface area contributed by atoms with E-state index in [0.29, 0.717) is 11.6 Å². The van der Waals surface area contributed by atoms with Crippen LogP contribution in [0.5, 0.6) is 5.88 Å². The molecule has 0 radical (unpaired) electrons. The van der Waals surface area contributed by atoms with Gasteiger partial charge in [-0.3, -0.25) is 9.89 Å². The van der Waals surface area contributed by atoms with Crippen molar-refractivity contribution in [2.45, 2.75) is 0 Å². The number of hydrogen-bond donors (Lipinski definition) is 2. The number of nitrogens with one attached hydrogen (secondary N) is 2. The summed E-state index contributed by atoms with van der Waals surface area (Å²) in [4.78, 5) is 19.3. The van der Waals surface area contributed by atoms with Crippen LogP contribution in [0.15, 0.2) is 24.7 Å². The maximum Gasteiger partial charge on any atom is 0.293 e. The highest BCUT2D eigenvalue weighted by Crippen LogP contribution is 2.19. The number of rotatable bonds is 3. The lowest BCUT2D eigenvalue weighted by Gasteiger charge is -2.06. The van der Waals surface area contributed by atoms with Crippen LogP contribution in [0.3, 0.4) is 0 Å². The molecule has 7 nitrogen and oxygen atoms in total. The second-order valence-electron chi connectivity index (χ2n) is 2.85. The Bertz CT molecular complexity index is 482. The highest BCUT2D eigenvalue weighted by molar-refractivity contribution is 6.02. The number of hydrogen-bond acceptors (Lipinski definition) is 5. The predicted molar refractivity (Wildman–Crippen MR) is 55.1 cm³/mol. The molecule has 1 amide bonds. The van der Waals surface area contributed by atoms with Crippen molar-refractivity contribution in [1.82, 2.24) is 20.2 Å². The lowest BCUT2D eigenvalue weighted by Crippen LogP contribution is -2.14. The topological polar surface area (TPSA) is 92.8 Å². The summed E-state index contributed by atoms with van der Waals surface area (Å²) in [6.45, 7) is 0. The highest BCUT2D eigenvalue weighted by Gasteiger charge is 2.11. The second kappa shape index (κ2) is 4.39. The van der Waals surface area contributed by atoms with E-state index in [-0.39, 0.29) is 5.82 Å². The van der Waals surface area contributed by atoms with E-state index in [1.54, 1.807) is 18.3 Å². The van der Waals surface area contributed by atoms with Crippen LogP contribution >= 0.6 is 0 Å². The van der Waals surface area contributed by atoms with Crippen LogP contribution in [0.2, 0.25) is 0 Å². The van der Waals surface area contributed by atoms with E-state index in [1.165, 1.54) is 13.4 Å². The van der Waals surface area contributed by atoms with Crippen molar-refractivity contribution >= 4 is 11.6 Å². The molecule has 2 rings (SSSR count). The molecular formula is C9H9N5O2. The molecule has 0 aliphatic heterocycles. The van der Waals surface area contributed by atoms with E-state index < -0.39 is 5.91 Å². The number of anilines is 1. The van der Waals surface area contributed by atoms with Crippen LogP contribution in [-0.2, 0) is 0 Å². The molecule has 0 fully saturated rings. The van der Waals surface area contributed by atoms with Gasteiger partial charge in [-0.05, 0) is 12.1 Å². The Morgan fingerprint density at radius 2 is 2.38 bits per heavy atom. The fraction of sp³-hybridized carbons (Fsp3) is 0.111. The quantitative estimate of drug-likeness (QED) is 0.782. The molecule has 16 heavy (non-hydrogen) atoms. The fourth-order valence-electron chi connectivity index (χ4n) is 1.15. The third-order valence-corrected chi connectivity index (χ3v) is 1.84. The van der Waals surface area contributed by atoms with Crippen molar-refractivity contribution in [2.24, 2.45) is 0 Å². The third-order valence-electron chi connectivity index (χ3n) is 1.84. The largest absolute Gasteiger partial charge is 0.480 e. The van der Waals surface area contributed by atoms with Crippen LogP contribution in [0, 0.1) is 0 Å². The molecule has 82 valence electrons. The normalized spacial score (nSPS) is 9.81. The number of amides is 1. The van der Waals surface area contributed by atoms with Gasteiger partial charge in [0.2, 0.25) is 11.7 Å². The van der Waals surface area contributed by atoms with Crippen LogP contribution in [0.1, 0.15) is 10.6 Å². The van der Waals surface area contributed by atoms with Crippen LogP contribution in [0.25, 0.3) is 0 Å². The monoisotopic (exact) mass is 219 g/mol. The summed E-state index contributed by atoms with van der Waals surface area (Å²) in [5.74, 6) is 0.0741. The molecule has 0 spiro atoms. The van der Waals surface area contributed by atoms with Gasteiger partial charge >= 0.3 is 0 Å². The Labute approximate surface area is 90.9 Å². The Hall–Kier alpha value is -2.44. The Morgan fingerprint density at radius 3 is 3.06 bits per heavy atom. The van der Waals surface area contributed by atoms with Gasteiger partial charge in [-0.2, -0.15) is 5.10 Å². The number of nitrogens with zero attached hydrogens (tertiary/aromatic N) is 3. The summed E-state index contributed by atoms with van der Waals surface area (Å²) in [7, 11) is 1.48. The van der Waals surface area contributed by atoms with Crippen LogP contribution in [0.4, 0.5) is 5.69 Å². The lowest BCUT2D eigenvalue weighted by molar-refractivity contribution is 0.101. The maximum atomic E-state index is 11.6. The Kier molecular flexibility index (Phi) is 2.77. The number of aromatic nitrogens is 4. The first kappa shape index (κ1) is 10.1. The van der Waals surface area contributed by atoms with Gasteiger partial charge in [0.05, 0.1) is 7.11 Å². The first-order valence-corrected chi connectivity index (χ1v) is 4.47. The standard InChI is InChI=1S/C9H9N5O2/c1-16-9-6(3-2-4-10-9)13-8(15)7-11-5-12-14-7/h2-5H,1H3,(H,13,15)(H,11,12,14). The van der Waals surface area contributed by atoms with Gasteiger partial charge in [-0.25, -0.2) is 9.97 Å². The van der Waals surface area contributed by atoms with Crippen molar-refractivity contribution in [1.29, 1.82) is 0 Å². The molecule has 0 atom stereocenters. The molecule has 0 aliphatic carbocycles. The lowest BCUT2D eigenvalue weighted by atomic mass is 10.4. The molecule has 2 heterocycles. The molecular weight excluding hydrogens is 210 g/mol. The van der Waals surface area contributed by atoms with E-state index >= 15 is 0 Å². The van der Waals surface area contributed by atoms with Gasteiger partial charge < -0.3 is 10.1 Å². The zero-order valence-corrected chi connectivity index (χ0v) is 8.47. The van der Waals surface area contributed by atoms with Gasteiger partial charge in [-0.1, -0.05) is 0 Å². The number of methoxy groups -OCH3 is 1. The fourth-order valence-corrected chi connectivity index (χ4v) is 1.15. The smallest absolute Gasteiger partial charge is 0.293 e. The summed E-state index contributed by atoms with van der Waals surface area (Å²) < 4.78 is 4.99. The number of aromatic amines is 1. The first-order valence-electron chi connectivity index (χ1n) is 4.47. The summed E-state index contributed by atoms with van der Waals surface area (Å²) in [5.41, 5.74) is 0.478. The van der Waals surface area contributed by atoms with Crippen LogP contribution < -0.4 is 10.1 Å². The number of carbonyl (C=O) groups excluding carboxylic acids is 1. The summed E-state index contributed by atoms with van der Waals surface area (Å²) in [6.07, 6.45) is 2.83. The molecule has 2 N–H and O–H groups in total. The van der Waals surface area contributed by atoms with Crippen LogP contribution in [-0.4, -0.2) is 33.2 Å². The Morgan fingerprint density at radius 1 is 1.50 bits per heavy atom. The number of carbonyl (C=O) groups is 1. The van der Waals surface area contributed by atoms with E-state index in [9.17, 15) is 4.79 Å². The van der Waals surface area contributed by atoms with E-state index in [1.807, 2.05) is 0 Å². The summed E-state index contributed by atoms with van der Waals surface area (Å²) >= 11 is 0. The van der Waals surface area contributed by atoms with Gasteiger partial charge in [0.25, 0.3) is 5.91 Å². The molecule has 0 unspecified atom stereocenters. The van der Waals surface area contributed by atoms with E-state index in [0.717, 1.165) is 0 Å². The van der Waals surface area contributed by atoms with Crippen molar-refractivity contribution in [3.63, 3.8) is 0 Å². The molecule has 0 aromatic carbocycles. The average Bonchev–Trinajstić information content (AvgIpc) is 2.83. The van der Waals surface area contributed by atoms with Gasteiger partial charge in [-0.15, -0.1) is 0 Å². The highest BCUT2D eigenvalue weighted by atomic mass is 16.5. The molecule has 2 aromatic heterocycles. The second-order valence-corrected chi connectivity index (χ2v) is 2.85. The van der Waals surface area contributed by atoms with Gasteiger partial charge in [0.1, 0.15) is 12.0 Å². The Balaban J connectivity index is 2.18. The van der Waals surface area contributed by atoms with E-state index in [2.05, 4.69) is 25.5 Å². The third kappa shape index (κ3) is 1.97. The summed E-state index contributed by atoms with van der Waals surface area (Å²) in [5, 5.41) is 8.65. The molecule has 0 saturated heterocycles. The van der Waals surface area contributed by atoms with Crippen molar-refractivity contribution < 1.29 is 9.53 Å². The molecule has 0 aliphatic rings. The van der Waals surface area contributed by atoms with Crippen molar-refractivity contribution in [2.75, 3.05) is 12.4 Å². The van der Waals surface area contributed by atoms with Gasteiger partial charge in [0.15, 0.2) is 0 Å². The minimum Gasteiger partial charge on any atom is -0.480 e. The summed E-state index contributed by atoms with van der Waals surface area (Å²) in [6, 6.07) is 3.37. The number of pyridine rings is 1. The number of H-pyrrole nitrogens is 1.